The Morgan fingerprint density at radius 2 is 1.30 bits per heavy atom. The van der Waals surface area contributed by atoms with Crippen LogP contribution in [-0.2, 0) is 9.59 Å². The van der Waals surface area contributed by atoms with Crippen molar-refractivity contribution in [2.24, 2.45) is 0 Å². The molecule has 0 spiro atoms. The molecule has 4 aromatic heterocycles. The number of pyridine rings is 2. The zero-order valence-electron chi connectivity index (χ0n) is 13.7. The van der Waals surface area contributed by atoms with Crippen LogP contribution in [0.4, 0.5) is 0 Å². The molecule has 12 nitrogen and oxygen atoms in total. The van der Waals surface area contributed by atoms with Gasteiger partial charge in [0.2, 0.25) is 0 Å². The second-order valence-corrected chi connectivity index (χ2v) is 5.45. The number of nitrogens with one attached hydrogen (secondary N) is 2. The Morgan fingerprint density at radius 1 is 0.815 bits per heavy atom. The van der Waals surface area contributed by atoms with Gasteiger partial charge in [-0.05, 0) is 18.6 Å². The molecular weight excluding hydrogens is 356 g/mol. The highest BCUT2D eigenvalue weighted by Crippen LogP contribution is 2.20. The summed E-state index contributed by atoms with van der Waals surface area (Å²) >= 11 is 0. The predicted molar refractivity (Wildman–Crippen MR) is 88.5 cm³/mol. The Labute approximate surface area is 150 Å². The van der Waals surface area contributed by atoms with Crippen LogP contribution in [0.25, 0.3) is 22.1 Å². The number of carbonyl (C=O) groups excluding carboxylic acids is 2. The number of rotatable bonds is 6. The number of aromatic nitrogens is 8. The predicted octanol–water partition coefficient (Wildman–Crippen LogP) is 0.700. The van der Waals surface area contributed by atoms with Gasteiger partial charge in [0.25, 0.3) is 11.8 Å². The molecule has 0 radical (unpaired) electrons. The molecule has 0 aliphatic rings. The lowest BCUT2D eigenvalue weighted by Crippen LogP contribution is -2.13. The highest BCUT2D eigenvalue weighted by molar-refractivity contribution is 5.83. The van der Waals surface area contributed by atoms with Crippen LogP contribution in [0.3, 0.4) is 0 Å². The summed E-state index contributed by atoms with van der Waals surface area (Å²) < 4.78 is 10.3. The molecule has 0 unspecified atom stereocenters. The highest BCUT2D eigenvalue weighted by Gasteiger charge is 2.15. The lowest BCUT2D eigenvalue weighted by atomic mass is 10.2. The molecule has 0 aliphatic carbocycles. The van der Waals surface area contributed by atoms with Crippen molar-refractivity contribution in [3.05, 3.63) is 24.5 Å². The van der Waals surface area contributed by atoms with Crippen molar-refractivity contribution in [2.75, 3.05) is 0 Å². The summed E-state index contributed by atoms with van der Waals surface area (Å²) in [5.41, 5.74) is 1.92. The summed E-state index contributed by atoms with van der Waals surface area (Å²) in [6.07, 6.45) is 3.19. The van der Waals surface area contributed by atoms with Crippen LogP contribution in [-0.4, -0.2) is 52.7 Å². The van der Waals surface area contributed by atoms with E-state index in [0.717, 1.165) is 0 Å². The fraction of sp³-hybridized carbons (Fsp3) is 0.200. The number of hydrogen-bond donors (Lipinski definition) is 2. The first-order valence-corrected chi connectivity index (χ1v) is 7.93. The minimum Gasteiger partial charge on any atom is -0.405 e. The van der Waals surface area contributed by atoms with Gasteiger partial charge in [-0.15, -0.1) is 10.2 Å². The van der Waals surface area contributed by atoms with E-state index in [2.05, 4.69) is 40.8 Å². The van der Waals surface area contributed by atoms with Gasteiger partial charge in [-0.25, -0.2) is 9.97 Å². The van der Waals surface area contributed by atoms with E-state index in [-0.39, 0.29) is 31.0 Å². The fourth-order valence-corrected chi connectivity index (χ4v) is 2.35. The van der Waals surface area contributed by atoms with Crippen LogP contribution >= 0.6 is 0 Å². The lowest BCUT2D eigenvalue weighted by Gasteiger charge is -2.04. The maximum absolute atomic E-state index is 12.0. The van der Waals surface area contributed by atoms with E-state index in [1.54, 1.807) is 12.1 Å². The summed E-state index contributed by atoms with van der Waals surface area (Å²) in [6, 6.07) is 3.32. The molecule has 0 saturated carbocycles. The molecule has 0 aromatic carbocycles. The third-order valence-corrected chi connectivity index (χ3v) is 3.61. The van der Waals surface area contributed by atoms with E-state index in [1.807, 2.05) is 0 Å². The first-order chi connectivity index (χ1) is 13.2. The van der Waals surface area contributed by atoms with Gasteiger partial charge in [0, 0.05) is 25.2 Å². The van der Waals surface area contributed by atoms with Crippen LogP contribution in [0.15, 0.2) is 24.5 Å². The molecular formula is C15H12N8O4. The van der Waals surface area contributed by atoms with Gasteiger partial charge < -0.3 is 9.47 Å². The first-order valence-electron chi connectivity index (χ1n) is 7.93. The van der Waals surface area contributed by atoms with Crippen molar-refractivity contribution < 1.29 is 19.1 Å². The van der Waals surface area contributed by atoms with E-state index in [9.17, 15) is 9.59 Å². The molecule has 0 atom stereocenters. The number of nitrogens with zero attached hydrogens (tertiary/aromatic N) is 6. The molecule has 0 fully saturated rings. The van der Waals surface area contributed by atoms with Crippen molar-refractivity contribution in [3.8, 4) is 11.8 Å². The van der Waals surface area contributed by atoms with E-state index < -0.39 is 11.9 Å². The topological polar surface area (TPSA) is 162 Å². The zero-order valence-corrected chi connectivity index (χ0v) is 13.7. The molecule has 0 saturated heterocycles. The van der Waals surface area contributed by atoms with Gasteiger partial charge in [-0.3, -0.25) is 19.8 Å². The minimum absolute atomic E-state index is 0.00656. The van der Waals surface area contributed by atoms with E-state index >= 15 is 0 Å². The molecule has 4 rings (SSSR count). The average molecular weight is 368 g/mol. The van der Waals surface area contributed by atoms with Crippen molar-refractivity contribution in [1.82, 2.24) is 40.8 Å². The number of H-pyrrole nitrogens is 2. The molecule has 0 aliphatic heterocycles. The summed E-state index contributed by atoms with van der Waals surface area (Å²) in [7, 11) is 0. The zero-order chi connectivity index (χ0) is 18.6. The Kier molecular flexibility index (Phi) is 4.35. The SMILES string of the molecule is O=C(CCCC(=O)Oc1nccc2[nH]nnc12)Oc1nccc2[nH]nnc12. The summed E-state index contributed by atoms with van der Waals surface area (Å²) in [4.78, 5) is 31.8. The Bertz CT molecular complexity index is 1030. The summed E-state index contributed by atoms with van der Waals surface area (Å²) in [5.74, 6) is -0.948. The molecule has 0 bridgehead atoms. The largest absolute Gasteiger partial charge is 0.405 e. The third-order valence-electron chi connectivity index (χ3n) is 3.61. The van der Waals surface area contributed by atoms with Crippen LogP contribution in [0.1, 0.15) is 19.3 Å². The molecule has 4 heterocycles. The second kappa shape index (κ2) is 7.11. The van der Waals surface area contributed by atoms with Gasteiger partial charge in [-0.1, -0.05) is 10.4 Å². The standard InChI is InChI=1S/C15H12N8O4/c24-10(26-14-12-8(4-6-16-14)18-22-20-12)2-1-3-11(25)27-15-13-9(5-7-17-15)19-23-21-13/h4-7H,1-3H2,(H,18,20,22)(H,19,21,23). The Hall–Kier alpha value is -3.96. The van der Waals surface area contributed by atoms with Gasteiger partial charge in [0.15, 0.2) is 11.0 Å². The van der Waals surface area contributed by atoms with Crippen LogP contribution in [0.2, 0.25) is 0 Å². The van der Waals surface area contributed by atoms with Crippen LogP contribution < -0.4 is 9.47 Å². The normalized spacial score (nSPS) is 11.0. The van der Waals surface area contributed by atoms with Crippen molar-refractivity contribution >= 4 is 34.0 Å². The van der Waals surface area contributed by atoms with Crippen molar-refractivity contribution in [2.45, 2.75) is 19.3 Å². The fourth-order valence-electron chi connectivity index (χ4n) is 2.35. The van der Waals surface area contributed by atoms with Gasteiger partial charge in [0.05, 0.1) is 11.0 Å². The molecule has 12 heteroatoms. The van der Waals surface area contributed by atoms with Crippen molar-refractivity contribution in [1.29, 1.82) is 0 Å². The smallest absolute Gasteiger partial charge is 0.312 e. The van der Waals surface area contributed by atoms with Gasteiger partial charge in [-0.2, -0.15) is 0 Å². The lowest BCUT2D eigenvalue weighted by molar-refractivity contribution is -0.136. The molecule has 0 amide bonds. The third kappa shape index (κ3) is 3.53. The maximum atomic E-state index is 12.0. The number of ether oxygens (including phenoxy) is 2. The second-order valence-electron chi connectivity index (χ2n) is 5.45. The van der Waals surface area contributed by atoms with Gasteiger partial charge in [0.1, 0.15) is 0 Å². The maximum Gasteiger partial charge on any atom is 0.312 e. The van der Waals surface area contributed by atoms with E-state index in [4.69, 9.17) is 9.47 Å². The highest BCUT2D eigenvalue weighted by atomic mass is 16.5. The first kappa shape index (κ1) is 16.5. The number of hydrogen-bond acceptors (Lipinski definition) is 10. The quantitative estimate of drug-likeness (QED) is 0.463. The van der Waals surface area contributed by atoms with Crippen LogP contribution in [0, 0.1) is 0 Å². The monoisotopic (exact) mass is 368 g/mol. The molecule has 27 heavy (non-hydrogen) atoms. The minimum atomic E-state index is -0.539. The molecule has 136 valence electrons. The number of aromatic amines is 2. The van der Waals surface area contributed by atoms with E-state index in [0.29, 0.717) is 22.1 Å². The summed E-state index contributed by atoms with van der Waals surface area (Å²) in [5, 5.41) is 20.2. The van der Waals surface area contributed by atoms with E-state index in [1.165, 1.54) is 12.4 Å². The van der Waals surface area contributed by atoms with Gasteiger partial charge >= 0.3 is 11.9 Å². The number of fused-ring (bicyclic) bond motifs is 2. The van der Waals surface area contributed by atoms with Crippen molar-refractivity contribution in [3.63, 3.8) is 0 Å². The Balaban J connectivity index is 1.29. The average Bonchev–Trinajstić information content (AvgIpc) is 3.32. The Morgan fingerprint density at radius 3 is 1.78 bits per heavy atom. The van der Waals surface area contributed by atoms with Crippen LogP contribution in [0.5, 0.6) is 11.8 Å². The number of carbonyl (C=O) groups is 2. The molecule has 4 aromatic rings. The summed E-state index contributed by atoms with van der Waals surface area (Å²) in [6.45, 7) is 0. The molecule has 2 N–H and O–H groups in total. The number of esters is 2.